The zero-order valence-electron chi connectivity index (χ0n) is 4.80. The van der Waals surface area contributed by atoms with Gasteiger partial charge in [0.15, 0.2) is 0 Å². The summed E-state index contributed by atoms with van der Waals surface area (Å²) >= 11 is 0. The Morgan fingerprint density at radius 2 is 1.14 bits per heavy atom. The van der Waals surface area contributed by atoms with Gasteiger partial charge in [0, 0.05) is 21.3 Å². The Kier molecular flexibility index (Phi) is 4.08. The van der Waals surface area contributed by atoms with Crippen LogP contribution in [0.15, 0.2) is 0 Å². The summed E-state index contributed by atoms with van der Waals surface area (Å²) in [7, 11) is 4.02. The molecule has 7 heavy (non-hydrogen) atoms. The van der Waals surface area contributed by atoms with Crippen LogP contribution in [0.25, 0.3) is 0 Å². The van der Waals surface area contributed by atoms with Crippen molar-refractivity contribution < 1.29 is 14.0 Å². The number of hydrogen-bond acceptors (Lipinski definition) is 3. The standard InChI is InChI=1S/C3H9BO3/c1-5-4(6-2)7-3/h1-3H3/i4+0. The van der Waals surface area contributed by atoms with E-state index in [1.807, 2.05) is 0 Å². The second-order valence-electron chi connectivity index (χ2n) is 0.996. The molecule has 0 N–H and O–H groups in total. The van der Waals surface area contributed by atoms with Gasteiger partial charge in [-0.25, -0.2) is 0 Å². The second kappa shape index (κ2) is 4.11. The number of hydrogen-bond donors (Lipinski definition) is 0. The van der Waals surface area contributed by atoms with Gasteiger partial charge in [-0.05, 0) is 0 Å². The molecule has 0 saturated heterocycles. The fraction of sp³-hybridized carbons (Fsp3) is 1.00. The molecule has 4 heteroatoms. The summed E-state index contributed by atoms with van der Waals surface area (Å²) in [6.07, 6.45) is 0. The van der Waals surface area contributed by atoms with Gasteiger partial charge in [-0.1, -0.05) is 0 Å². The molecule has 0 bridgehead atoms. The van der Waals surface area contributed by atoms with Crippen molar-refractivity contribution in [1.82, 2.24) is 0 Å². The van der Waals surface area contributed by atoms with Crippen LogP contribution in [0, 0.1) is 0 Å². The van der Waals surface area contributed by atoms with E-state index in [0.717, 1.165) is 0 Å². The smallest absolute Gasteiger partial charge is 0.389 e. The molecule has 0 fully saturated rings. The van der Waals surface area contributed by atoms with Crippen molar-refractivity contribution >= 4 is 7.32 Å². The van der Waals surface area contributed by atoms with Crippen LogP contribution in [-0.4, -0.2) is 28.7 Å². The quantitative estimate of drug-likeness (QED) is 0.468. The van der Waals surface area contributed by atoms with E-state index < -0.39 is 7.32 Å². The van der Waals surface area contributed by atoms with Crippen LogP contribution < -0.4 is 0 Å². The normalized spacial score (nSPS) is 9.00. The second-order valence-corrected chi connectivity index (χ2v) is 0.996. The van der Waals surface area contributed by atoms with E-state index >= 15 is 0 Å². The Balaban J connectivity index is 2.99. The molecule has 0 aliphatic heterocycles. The maximum atomic E-state index is 4.60. The Bertz CT molecular complexity index is 31.7. The van der Waals surface area contributed by atoms with Crippen LogP contribution in [-0.2, 0) is 14.0 Å². The molecule has 0 aliphatic carbocycles. The average molecular weight is 104 g/mol. The van der Waals surface area contributed by atoms with E-state index in [4.69, 9.17) is 0 Å². The largest absolute Gasteiger partial charge is 0.638 e. The molecule has 0 aromatic rings. The van der Waals surface area contributed by atoms with Gasteiger partial charge < -0.3 is 14.0 Å². The lowest BCUT2D eigenvalue weighted by Gasteiger charge is -2.01. The summed E-state index contributed by atoms with van der Waals surface area (Å²) in [6.45, 7) is 0. The van der Waals surface area contributed by atoms with E-state index in [1.165, 1.54) is 21.3 Å². The maximum absolute atomic E-state index is 4.60. The number of rotatable bonds is 3. The van der Waals surface area contributed by atoms with E-state index in [-0.39, 0.29) is 0 Å². The summed E-state index contributed by atoms with van der Waals surface area (Å²) < 4.78 is 13.8. The van der Waals surface area contributed by atoms with Crippen molar-refractivity contribution in [1.29, 1.82) is 0 Å². The third kappa shape index (κ3) is 2.62. The summed E-state index contributed by atoms with van der Waals surface area (Å²) in [4.78, 5) is 0. The van der Waals surface area contributed by atoms with Crippen molar-refractivity contribution in [2.45, 2.75) is 0 Å². The molecule has 0 radical (unpaired) electrons. The van der Waals surface area contributed by atoms with Gasteiger partial charge in [0.05, 0.1) is 0 Å². The molecular formula is C3H9BO3. The minimum absolute atomic E-state index is 0.514. The summed E-state index contributed by atoms with van der Waals surface area (Å²) in [5, 5.41) is 0. The molecule has 0 aliphatic rings. The van der Waals surface area contributed by atoms with E-state index in [1.54, 1.807) is 0 Å². The fourth-order valence-electron chi connectivity index (χ4n) is 0.289. The molecule has 0 spiro atoms. The summed E-state index contributed by atoms with van der Waals surface area (Å²) in [5.41, 5.74) is 0. The van der Waals surface area contributed by atoms with Crippen molar-refractivity contribution in [2.75, 3.05) is 21.3 Å². The van der Waals surface area contributed by atoms with Crippen LogP contribution in [0.5, 0.6) is 0 Å². The predicted octanol–water partition coefficient (Wildman–Crippen LogP) is -0.0895. The molecule has 0 aromatic carbocycles. The first-order valence-electron chi connectivity index (χ1n) is 1.93. The maximum Gasteiger partial charge on any atom is 0.638 e. The monoisotopic (exact) mass is 104 g/mol. The summed E-state index contributed by atoms with van der Waals surface area (Å²) in [5.74, 6) is 0. The Labute approximate surface area is 43.7 Å². The molecule has 0 amide bonds. The van der Waals surface area contributed by atoms with Gasteiger partial charge in [0.1, 0.15) is 0 Å². The highest BCUT2D eigenvalue weighted by Crippen LogP contribution is 1.81. The Morgan fingerprint density at radius 3 is 1.14 bits per heavy atom. The molecule has 42 valence electrons. The van der Waals surface area contributed by atoms with E-state index in [9.17, 15) is 0 Å². The fourth-order valence-corrected chi connectivity index (χ4v) is 0.289. The first-order chi connectivity index (χ1) is 3.35. The molecule has 0 atom stereocenters. The molecule has 0 rings (SSSR count). The first kappa shape index (κ1) is 6.94. The Morgan fingerprint density at radius 1 is 0.857 bits per heavy atom. The molecule has 0 heterocycles. The van der Waals surface area contributed by atoms with Crippen molar-refractivity contribution in [3.8, 4) is 0 Å². The molecule has 0 unspecified atom stereocenters. The minimum atomic E-state index is -0.514. The first-order valence-corrected chi connectivity index (χ1v) is 1.93. The molecule has 0 saturated carbocycles. The zero-order chi connectivity index (χ0) is 5.70. The lowest BCUT2D eigenvalue weighted by molar-refractivity contribution is 0.163. The predicted molar refractivity (Wildman–Crippen MR) is 26.8 cm³/mol. The molecule has 3 nitrogen and oxygen atoms in total. The lowest BCUT2D eigenvalue weighted by Crippen LogP contribution is -2.21. The van der Waals surface area contributed by atoms with Gasteiger partial charge in [0.2, 0.25) is 0 Å². The van der Waals surface area contributed by atoms with Crippen LogP contribution >= 0.6 is 0 Å². The van der Waals surface area contributed by atoms with Gasteiger partial charge in [0.25, 0.3) is 0 Å². The molecular weight excluding hydrogens is 95.0 g/mol. The highest BCUT2D eigenvalue weighted by Gasteiger charge is 2.12. The average Bonchev–Trinajstić information content (AvgIpc) is 1.72. The van der Waals surface area contributed by atoms with Gasteiger partial charge in [-0.2, -0.15) is 0 Å². The Hall–Kier alpha value is -0.0551. The van der Waals surface area contributed by atoms with Crippen LogP contribution in [0.1, 0.15) is 0 Å². The van der Waals surface area contributed by atoms with Crippen LogP contribution in [0.2, 0.25) is 0 Å². The van der Waals surface area contributed by atoms with E-state index in [2.05, 4.69) is 14.0 Å². The third-order valence-corrected chi connectivity index (χ3v) is 0.577. The summed E-state index contributed by atoms with van der Waals surface area (Å²) in [6, 6.07) is 0. The highest BCUT2D eigenvalue weighted by molar-refractivity contribution is 6.36. The lowest BCUT2D eigenvalue weighted by atomic mass is 10.4. The SMILES string of the molecule is CO[11B](OC)OC. The van der Waals surface area contributed by atoms with Gasteiger partial charge in [-0.15, -0.1) is 0 Å². The van der Waals surface area contributed by atoms with Crippen LogP contribution in [0.4, 0.5) is 0 Å². The minimum Gasteiger partial charge on any atom is -0.389 e. The van der Waals surface area contributed by atoms with E-state index in [0.29, 0.717) is 0 Å². The van der Waals surface area contributed by atoms with Crippen molar-refractivity contribution in [3.05, 3.63) is 0 Å². The highest BCUT2D eigenvalue weighted by atomic mass is 16.7. The van der Waals surface area contributed by atoms with Gasteiger partial charge in [-0.3, -0.25) is 0 Å². The zero-order valence-corrected chi connectivity index (χ0v) is 4.80. The van der Waals surface area contributed by atoms with Crippen molar-refractivity contribution in [2.24, 2.45) is 0 Å². The topological polar surface area (TPSA) is 27.7 Å². The van der Waals surface area contributed by atoms with Gasteiger partial charge >= 0.3 is 7.32 Å². The van der Waals surface area contributed by atoms with Crippen LogP contribution in [0.3, 0.4) is 0 Å². The molecule has 0 aromatic heterocycles. The van der Waals surface area contributed by atoms with Crippen molar-refractivity contribution in [3.63, 3.8) is 0 Å². The third-order valence-electron chi connectivity index (χ3n) is 0.577.